The molecule has 0 bridgehead atoms. The van der Waals surface area contributed by atoms with E-state index in [1.807, 2.05) is 6.92 Å². The Morgan fingerprint density at radius 3 is 2.16 bits per heavy atom. The van der Waals surface area contributed by atoms with Gasteiger partial charge in [-0.05, 0) is 42.3 Å². The van der Waals surface area contributed by atoms with Gasteiger partial charge in [0.25, 0.3) is 0 Å². The molecule has 6 heteroatoms. The number of methoxy groups -OCH3 is 2. The lowest BCUT2D eigenvalue weighted by atomic mass is 10.1. The smallest absolute Gasteiger partial charge is 0.224 e. The summed E-state index contributed by atoms with van der Waals surface area (Å²) in [6, 6.07) is 9.46. The zero-order valence-electron chi connectivity index (χ0n) is 14.6. The van der Waals surface area contributed by atoms with Crippen LogP contribution in [-0.2, 0) is 17.8 Å². The maximum Gasteiger partial charge on any atom is 0.224 e. The van der Waals surface area contributed by atoms with Gasteiger partial charge >= 0.3 is 0 Å². The first-order chi connectivity index (χ1) is 12.1. The fourth-order valence-electron chi connectivity index (χ4n) is 2.37. The number of hydrogen-bond donors (Lipinski definition) is 1. The second-order valence-corrected chi connectivity index (χ2v) is 5.34. The van der Waals surface area contributed by atoms with Crippen LogP contribution in [0.15, 0.2) is 36.4 Å². The molecule has 0 aliphatic rings. The van der Waals surface area contributed by atoms with E-state index in [-0.39, 0.29) is 18.1 Å². The molecule has 0 heterocycles. The van der Waals surface area contributed by atoms with E-state index < -0.39 is 0 Å². The van der Waals surface area contributed by atoms with E-state index in [1.165, 1.54) is 12.1 Å². The molecule has 1 N–H and O–H groups in total. The minimum Gasteiger partial charge on any atom is -0.493 e. The molecule has 0 fully saturated rings. The van der Waals surface area contributed by atoms with Gasteiger partial charge in [-0.3, -0.25) is 4.79 Å². The van der Waals surface area contributed by atoms with Crippen LogP contribution in [-0.4, -0.2) is 26.7 Å². The van der Waals surface area contributed by atoms with E-state index >= 15 is 0 Å². The first-order valence-corrected chi connectivity index (χ1v) is 7.96. The lowest BCUT2D eigenvalue weighted by molar-refractivity contribution is -0.120. The SMILES string of the molecule is CCOc1c(OC)cc(CNC(=O)Cc2ccc(F)cc2)cc1OC. The summed E-state index contributed by atoms with van der Waals surface area (Å²) in [5.74, 6) is 1.15. The van der Waals surface area contributed by atoms with Gasteiger partial charge in [-0.2, -0.15) is 0 Å². The molecule has 0 unspecified atom stereocenters. The van der Waals surface area contributed by atoms with Crippen molar-refractivity contribution in [2.24, 2.45) is 0 Å². The highest BCUT2D eigenvalue weighted by Gasteiger charge is 2.14. The van der Waals surface area contributed by atoms with E-state index in [4.69, 9.17) is 14.2 Å². The van der Waals surface area contributed by atoms with Crippen molar-refractivity contribution < 1.29 is 23.4 Å². The molecule has 0 saturated heterocycles. The third kappa shape index (κ3) is 5.11. The Morgan fingerprint density at radius 2 is 1.64 bits per heavy atom. The fraction of sp³-hybridized carbons (Fsp3) is 0.316. The Hall–Kier alpha value is -2.76. The monoisotopic (exact) mass is 347 g/mol. The van der Waals surface area contributed by atoms with Crippen LogP contribution >= 0.6 is 0 Å². The first-order valence-electron chi connectivity index (χ1n) is 7.96. The molecule has 2 aromatic rings. The number of nitrogens with one attached hydrogen (secondary N) is 1. The van der Waals surface area contributed by atoms with Gasteiger partial charge in [-0.25, -0.2) is 4.39 Å². The third-order valence-corrected chi connectivity index (χ3v) is 3.58. The van der Waals surface area contributed by atoms with Crippen LogP contribution in [0.5, 0.6) is 17.2 Å². The molecule has 0 atom stereocenters. The van der Waals surface area contributed by atoms with E-state index in [2.05, 4.69) is 5.32 Å². The number of carbonyl (C=O) groups is 1. The third-order valence-electron chi connectivity index (χ3n) is 3.58. The fourth-order valence-corrected chi connectivity index (χ4v) is 2.37. The normalized spacial score (nSPS) is 10.2. The van der Waals surface area contributed by atoms with Crippen LogP contribution < -0.4 is 19.5 Å². The minimum atomic E-state index is -0.322. The standard InChI is InChI=1S/C19H22FNO4/c1-4-25-19-16(23-2)9-14(10-17(19)24-3)12-21-18(22)11-13-5-7-15(20)8-6-13/h5-10H,4,11-12H2,1-3H3,(H,21,22). The molecule has 0 aliphatic heterocycles. The Balaban J connectivity index is 2.04. The minimum absolute atomic E-state index is 0.154. The predicted octanol–water partition coefficient (Wildman–Crippen LogP) is 3.10. The van der Waals surface area contributed by atoms with Gasteiger partial charge in [0, 0.05) is 6.54 Å². The molecule has 0 aliphatic carbocycles. The van der Waals surface area contributed by atoms with Crippen molar-refractivity contribution in [2.45, 2.75) is 19.9 Å². The molecule has 25 heavy (non-hydrogen) atoms. The lowest BCUT2D eigenvalue weighted by Gasteiger charge is -2.15. The molecule has 0 radical (unpaired) electrons. The van der Waals surface area contributed by atoms with E-state index in [1.54, 1.807) is 38.5 Å². The molecular weight excluding hydrogens is 325 g/mol. The molecule has 0 spiro atoms. The van der Waals surface area contributed by atoms with Crippen LogP contribution in [0.2, 0.25) is 0 Å². The summed E-state index contributed by atoms with van der Waals surface area (Å²) in [4.78, 5) is 12.1. The Kier molecular flexibility index (Phi) is 6.62. The van der Waals surface area contributed by atoms with Crippen LogP contribution in [0.3, 0.4) is 0 Å². The quantitative estimate of drug-likeness (QED) is 0.797. The summed E-state index contributed by atoms with van der Waals surface area (Å²) in [7, 11) is 3.10. The zero-order valence-corrected chi connectivity index (χ0v) is 14.6. The zero-order chi connectivity index (χ0) is 18.2. The highest BCUT2D eigenvalue weighted by molar-refractivity contribution is 5.78. The van der Waals surface area contributed by atoms with Crippen molar-refractivity contribution in [3.8, 4) is 17.2 Å². The topological polar surface area (TPSA) is 56.8 Å². The van der Waals surface area contributed by atoms with Crippen LogP contribution in [0.25, 0.3) is 0 Å². The van der Waals surface area contributed by atoms with Gasteiger partial charge < -0.3 is 19.5 Å². The number of halogens is 1. The van der Waals surface area contributed by atoms with Gasteiger partial charge in [0.2, 0.25) is 11.7 Å². The van der Waals surface area contributed by atoms with Crippen molar-refractivity contribution in [1.82, 2.24) is 5.32 Å². The highest BCUT2D eigenvalue weighted by atomic mass is 19.1. The summed E-state index contributed by atoms with van der Waals surface area (Å²) in [5, 5.41) is 2.83. The molecule has 2 rings (SSSR count). The Labute approximate surface area is 146 Å². The van der Waals surface area contributed by atoms with Crippen molar-refractivity contribution in [3.05, 3.63) is 53.3 Å². The average Bonchev–Trinajstić information content (AvgIpc) is 2.62. The summed E-state index contributed by atoms with van der Waals surface area (Å²) >= 11 is 0. The van der Waals surface area contributed by atoms with Crippen LogP contribution in [0, 0.1) is 5.82 Å². The van der Waals surface area contributed by atoms with Crippen LogP contribution in [0.4, 0.5) is 4.39 Å². The number of rotatable bonds is 8. The van der Waals surface area contributed by atoms with Gasteiger partial charge in [-0.1, -0.05) is 12.1 Å². The van der Waals surface area contributed by atoms with Crippen molar-refractivity contribution in [2.75, 3.05) is 20.8 Å². The molecule has 134 valence electrons. The maximum atomic E-state index is 12.9. The Bertz CT molecular complexity index is 691. The number of amides is 1. The molecule has 5 nitrogen and oxygen atoms in total. The summed E-state index contributed by atoms with van der Waals surface area (Å²) in [6.07, 6.45) is 0.186. The van der Waals surface area contributed by atoms with Gasteiger partial charge in [0.15, 0.2) is 11.5 Å². The second-order valence-electron chi connectivity index (χ2n) is 5.34. The van der Waals surface area contributed by atoms with Crippen molar-refractivity contribution in [3.63, 3.8) is 0 Å². The van der Waals surface area contributed by atoms with Crippen molar-refractivity contribution in [1.29, 1.82) is 0 Å². The number of carbonyl (C=O) groups excluding carboxylic acids is 1. The number of hydrogen-bond acceptors (Lipinski definition) is 4. The summed E-state index contributed by atoms with van der Waals surface area (Å²) in [6.45, 7) is 2.68. The van der Waals surface area contributed by atoms with Gasteiger partial charge in [-0.15, -0.1) is 0 Å². The molecule has 0 aromatic heterocycles. The summed E-state index contributed by atoms with van der Waals surface area (Å²) < 4.78 is 29.1. The maximum absolute atomic E-state index is 12.9. The second kappa shape index (κ2) is 8.92. The molecule has 1 amide bonds. The average molecular weight is 347 g/mol. The van der Waals surface area contributed by atoms with E-state index in [0.29, 0.717) is 30.4 Å². The predicted molar refractivity (Wildman–Crippen MR) is 92.7 cm³/mol. The Morgan fingerprint density at radius 1 is 1.04 bits per heavy atom. The number of benzene rings is 2. The molecule has 2 aromatic carbocycles. The van der Waals surface area contributed by atoms with Gasteiger partial charge in [0.05, 0.1) is 27.2 Å². The van der Waals surface area contributed by atoms with Gasteiger partial charge in [0.1, 0.15) is 5.82 Å². The van der Waals surface area contributed by atoms with Crippen molar-refractivity contribution >= 4 is 5.91 Å². The largest absolute Gasteiger partial charge is 0.493 e. The highest BCUT2D eigenvalue weighted by Crippen LogP contribution is 2.38. The first kappa shape index (κ1) is 18.6. The summed E-state index contributed by atoms with van der Waals surface area (Å²) in [5.41, 5.74) is 1.57. The molecule has 0 saturated carbocycles. The lowest BCUT2D eigenvalue weighted by Crippen LogP contribution is -2.24. The molecular formula is C19H22FNO4. The van der Waals surface area contributed by atoms with E-state index in [9.17, 15) is 9.18 Å². The van der Waals surface area contributed by atoms with Crippen LogP contribution in [0.1, 0.15) is 18.1 Å². The van der Waals surface area contributed by atoms with E-state index in [0.717, 1.165) is 11.1 Å². The number of ether oxygens (including phenoxy) is 3.